The third-order valence-corrected chi connectivity index (χ3v) is 4.59. The molecular weight excluding hydrogens is 290 g/mol. The van der Waals surface area contributed by atoms with Gasteiger partial charge in [0.2, 0.25) is 0 Å². The van der Waals surface area contributed by atoms with Crippen LogP contribution in [0.15, 0.2) is 42.5 Å². The maximum atomic E-state index is 13.8. The Bertz CT molecular complexity index is 597. The maximum absolute atomic E-state index is 13.8. The molecule has 112 valence electrons. The zero-order valence-corrected chi connectivity index (χ0v) is 13.2. The van der Waals surface area contributed by atoms with Crippen molar-refractivity contribution >= 4 is 11.6 Å². The van der Waals surface area contributed by atoms with E-state index < -0.39 is 17.0 Å². The van der Waals surface area contributed by atoms with Gasteiger partial charge in [-0.15, -0.1) is 11.6 Å². The highest BCUT2D eigenvalue weighted by Crippen LogP contribution is 2.34. The van der Waals surface area contributed by atoms with Crippen LogP contribution in [0.25, 0.3) is 0 Å². The van der Waals surface area contributed by atoms with Crippen molar-refractivity contribution < 1.29 is 8.78 Å². The predicted molar refractivity (Wildman–Crippen MR) is 83.8 cm³/mol. The molecule has 21 heavy (non-hydrogen) atoms. The second kappa shape index (κ2) is 6.15. The molecule has 0 bridgehead atoms. The minimum absolute atomic E-state index is 0.0730. The lowest BCUT2D eigenvalue weighted by Crippen LogP contribution is -2.15. The van der Waals surface area contributed by atoms with Crippen molar-refractivity contribution in [3.8, 4) is 0 Å². The van der Waals surface area contributed by atoms with Gasteiger partial charge in [-0.25, -0.2) is 8.78 Å². The second-order valence-electron chi connectivity index (χ2n) is 5.86. The average Bonchev–Trinajstić information content (AvgIpc) is 2.47. The van der Waals surface area contributed by atoms with Gasteiger partial charge < -0.3 is 0 Å². The van der Waals surface area contributed by atoms with Crippen LogP contribution in [0.1, 0.15) is 49.3 Å². The summed E-state index contributed by atoms with van der Waals surface area (Å²) in [7, 11) is 0. The SMILES string of the molecule is CCC(C)(C)c1ccc(C(Cl)c2c(F)cccc2F)cc1. The van der Waals surface area contributed by atoms with E-state index in [9.17, 15) is 8.78 Å². The van der Waals surface area contributed by atoms with E-state index in [1.54, 1.807) is 0 Å². The lowest BCUT2D eigenvalue weighted by Gasteiger charge is -2.24. The average molecular weight is 309 g/mol. The minimum atomic E-state index is -0.829. The fourth-order valence-electron chi connectivity index (χ4n) is 2.23. The lowest BCUT2D eigenvalue weighted by atomic mass is 9.82. The molecule has 0 aliphatic rings. The number of benzene rings is 2. The number of alkyl halides is 1. The molecule has 3 heteroatoms. The highest BCUT2D eigenvalue weighted by atomic mass is 35.5. The molecule has 0 heterocycles. The molecule has 1 unspecified atom stereocenters. The maximum Gasteiger partial charge on any atom is 0.131 e. The Kier molecular flexibility index (Phi) is 4.67. The fraction of sp³-hybridized carbons (Fsp3) is 0.333. The third kappa shape index (κ3) is 3.26. The number of hydrogen-bond acceptors (Lipinski definition) is 0. The third-order valence-electron chi connectivity index (χ3n) is 4.12. The molecular formula is C18H19ClF2. The summed E-state index contributed by atoms with van der Waals surface area (Å²) in [6, 6.07) is 11.4. The van der Waals surface area contributed by atoms with E-state index in [0.717, 1.165) is 6.42 Å². The zero-order chi connectivity index (χ0) is 15.6. The van der Waals surface area contributed by atoms with Gasteiger partial charge in [0.15, 0.2) is 0 Å². The van der Waals surface area contributed by atoms with Crippen LogP contribution in [0.4, 0.5) is 8.78 Å². The highest BCUT2D eigenvalue weighted by molar-refractivity contribution is 6.22. The Morgan fingerprint density at radius 2 is 1.52 bits per heavy atom. The lowest BCUT2D eigenvalue weighted by molar-refractivity contribution is 0.506. The van der Waals surface area contributed by atoms with Gasteiger partial charge in [-0.05, 0) is 35.1 Å². The molecule has 0 saturated carbocycles. The largest absolute Gasteiger partial charge is 0.207 e. The summed E-state index contributed by atoms with van der Waals surface area (Å²) in [4.78, 5) is 0. The first-order chi connectivity index (χ1) is 9.86. The van der Waals surface area contributed by atoms with E-state index in [1.165, 1.54) is 23.8 Å². The predicted octanol–water partition coefficient (Wildman–Crippen LogP) is 5.98. The summed E-state index contributed by atoms with van der Waals surface area (Å²) >= 11 is 6.26. The van der Waals surface area contributed by atoms with Crippen molar-refractivity contribution in [1.29, 1.82) is 0 Å². The molecule has 2 rings (SSSR count). The molecule has 0 nitrogen and oxygen atoms in total. The van der Waals surface area contributed by atoms with E-state index in [1.807, 2.05) is 24.3 Å². The summed E-state index contributed by atoms with van der Waals surface area (Å²) in [6.07, 6.45) is 1.01. The summed E-state index contributed by atoms with van der Waals surface area (Å²) in [5.74, 6) is -1.24. The topological polar surface area (TPSA) is 0 Å². The fourth-order valence-corrected chi connectivity index (χ4v) is 2.58. The number of halogens is 3. The van der Waals surface area contributed by atoms with E-state index in [4.69, 9.17) is 11.6 Å². The monoisotopic (exact) mass is 308 g/mol. The molecule has 0 saturated heterocycles. The Morgan fingerprint density at radius 3 is 2.00 bits per heavy atom. The van der Waals surface area contributed by atoms with E-state index in [-0.39, 0.29) is 11.0 Å². The normalized spacial score (nSPS) is 13.2. The number of rotatable bonds is 4. The van der Waals surface area contributed by atoms with Gasteiger partial charge in [-0.3, -0.25) is 0 Å². The first-order valence-corrected chi connectivity index (χ1v) is 7.49. The van der Waals surface area contributed by atoms with Crippen LogP contribution in [0.5, 0.6) is 0 Å². The summed E-state index contributed by atoms with van der Waals surface area (Å²) in [5, 5.41) is -0.829. The molecule has 0 aromatic heterocycles. The Morgan fingerprint density at radius 1 is 1.00 bits per heavy atom. The van der Waals surface area contributed by atoms with Crippen molar-refractivity contribution in [2.45, 2.75) is 38.0 Å². The molecule has 2 aromatic carbocycles. The quantitative estimate of drug-likeness (QED) is 0.609. The molecule has 0 radical (unpaired) electrons. The first-order valence-electron chi connectivity index (χ1n) is 7.05. The minimum Gasteiger partial charge on any atom is -0.207 e. The molecule has 0 aliphatic carbocycles. The van der Waals surface area contributed by atoms with Crippen molar-refractivity contribution in [3.63, 3.8) is 0 Å². The van der Waals surface area contributed by atoms with Gasteiger partial charge in [-0.1, -0.05) is 51.1 Å². The molecule has 0 aliphatic heterocycles. The Hall–Kier alpha value is -1.41. The smallest absolute Gasteiger partial charge is 0.131 e. The number of hydrogen-bond donors (Lipinski definition) is 0. The van der Waals surface area contributed by atoms with E-state index in [0.29, 0.717) is 5.56 Å². The van der Waals surface area contributed by atoms with Crippen LogP contribution in [0.2, 0.25) is 0 Å². The second-order valence-corrected chi connectivity index (χ2v) is 6.29. The van der Waals surface area contributed by atoms with Crippen LogP contribution in [0, 0.1) is 11.6 Å². The van der Waals surface area contributed by atoms with Crippen molar-refractivity contribution in [2.75, 3.05) is 0 Å². The van der Waals surface area contributed by atoms with Gasteiger partial charge in [0, 0.05) is 5.56 Å². The molecule has 0 N–H and O–H groups in total. The standard InChI is InChI=1S/C18H19ClF2/c1-4-18(2,3)13-10-8-12(9-11-13)17(19)16-14(20)6-5-7-15(16)21/h5-11,17H,4H2,1-3H3. The molecule has 2 aromatic rings. The van der Waals surface area contributed by atoms with Gasteiger partial charge in [0.1, 0.15) is 11.6 Å². The van der Waals surface area contributed by atoms with Crippen molar-refractivity contribution in [3.05, 3.63) is 70.8 Å². The van der Waals surface area contributed by atoms with E-state index in [2.05, 4.69) is 20.8 Å². The Labute approximate surface area is 129 Å². The first kappa shape index (κ1) is 16.0. The summed E-state index contributed by atoms with van der Waals surface area (Å²) < 4.78 is 27.6. The van der Waals surface area contributed by atoms with Crippen molar-refractivity contribution in [1.82, 2.24) is 0 Å². The summed E-state index contributed by atoms with van der Waals surface area (Å²) in [6.45, 7) is 6.46. The summed E-state index contributed by atoms with van der Waals surface area (Å²) in [5.41, 5.74) is 1.86. The van der Waals surface area contributed by atoms with Crippen LogP contribution >= 0.6 is 11.6 Å². The zero-order valence-electron chi connectivity index (χ0n) is 12.5. The van der Waals surface area contributed by atoms with Crippen molar-refractivity contribution in [2.24, 2.45) is 0 Å². The van der Waals surface area contributed by atoms with Crippen LogP contribution in [-0.4, -0.2) is 0 Å². The Balaban J connectivity index is 2.35. The van der Waals surface area contributed by atoms with Gasteiger partial charge >= 0.3 is 0 Å². The molecule has 0 amide bonds. The molecule has 1 atom stereocenters. The van der Waals surface area contributed by atoms with Gasteiger partial charge in [0.25, 0.3) is 0 Å². The van der Waals surface area contributed by atoms with Gasteiger partial charge in [-0.2, -0.15) is 0 Å². The van der Waals surface area contributed by atoms with Crippen LogP contribution in [-0.2, 0) is 5.41 Å². The van der Waals surface area contributed by atoms with Crippen LogP contribution < -0.4 is 0 Å². The molecule has 0 spiro atoms. The van der Waals surface area contributed by atoms with Gasteiger partial charge in [0.05, 0.1) is 5.38 Å². The molecule has 0 fully saturated rings. The van der Waals surface area contributed by atoms with E-state index >= 15 is 0 Å². The highest BCUT2D eigenvalue weighted by Gasteiger charge is 2.21. The van der Waals surface area contributed by atoms with Crippen LogP contribution in [0.3, 0.4) is 0 Å².